The van der Waals surface area contributed by atoms with E-state index >= 15 is 0 Å². The summed E-state index contributed by atoms with van der Waals surface area (Å²) in [5, 5.41) is 0. The Kier molecular flexibility index (Phi) is 6.16. The molecular weight excluding hydrogens is 268 g/mol. The van der Waals surface area contributed by atoms with Crippen LogP contribution in [0.4, 0.5) is 0 Å². The Labute approximate surface area is 115 Å². The van der Waals surface area contributed by atoms with Crippen LogP contribution >= 0.6 is 11.6 Å². The molecule has 102 valence electrons. The molecule has 0 aliphatic heterocycles. The fourth-order valence-corrected chi connectivity index (χ4v) is 3.82. The van der Waals surface area contributed by atoms with Crippen molar-refractivity contribution in [3.05, 3.63) is 29.3 Å². The van der Waals surface area contributed by atoms with Crippen molar-refractivity contribution in [2.75, 3.05) is 11.6 Å². The minimum Gasteiger partial charge on any atom is -0.224 e. The fraction of sp³-hybridized carbons (Fsp3) is 0.571. The summed E-state index contributed by atoms with van der Waals surface area (Å²) in [6.07, 6.45) is 3.61. The summed E-state index contributed by atoms with van der Waals surface area (Å²) in [6.45, 7) is 3.82. The maximum atomic E-state index is 12.2. The molecule has 0 saturated heterocycles. The first-order valence-corrected chi connectivity index (χ1v) is 8.52. The molecule has 1 rings (SSSR count). The summed E-state index contributed by atoms with van der Waals surface area (Å²) in [5.41, 5.74) is 1.93. The van der Waals surface area contributed by atoms with Gasteiger partial charge in [0.15, 0.2) is 9.84 Å². The zero-order valence-corrected chi connectivity index (χ0v) is 12.6. The molecule has 0 bridgehead atoms. The molecule has 0 radical (unpaired) electrons. The SMILES string of the molecule is Cc1ccc(S(=O)(=O)CCCCCCCl)c(C)c1. The summed E-state index contributed by atoms with van der Waals surface area (Å²) in [4.78, 5) is 0.477. The lowest BCUT2D eigenvalue weighted by Gasteiger charge is -2.08. The highest BCUT2D eigenvalue weighted by Crippen LogP contribution is 2.19. The Morgan fingerprint density at radius 1 is 1.06 bits per heavy atom. The lowest BCUT2D eigenvalue weighted by atomic mass is 10.2. The van der Waals surface area contributed by atoms with Gasteiger partial charge in [0.2, 0.25) is 0 Å². The minimum atomic E-state index is -3.13. The van der Waals surface area contributed by atoms with Gasteiger partial charge in [0.05, 0.1) is 10.6 Å². The third-order valence-electron chi connectivity index (χ3n) is 2.96. The molecule has 0 amide bonds. The molecule has 0 saturated carbocycles. The average Bonchev–Trinajstić information content (AvgIpc) is 2.28. The second-order valence-corrected chi connectivity index (χ2v) is 7.15. The van der Waals surface area contributed by atoms with Gasteiger partial charge in [0.1, 0.15) is 0 Å². The molecule has 0 fully saturated rings. The van der Waals surface area contributed by atoms with Gasteiger partial charge in [-0.3, -0.25) is 0 Å². The van der Waals surface area contributed by atoms with Gasteiger partial charge in [-0.2, -0.15) is 0 Å². The van der Waals surface area contributed by atoms with Gasteiger partial charge in [-0.25, -0.2) is 8.42 Å². The molecule has 2 nitrogen and oxygen atoms in total. The van der Waals surface area contributed by atoms with Gasteiger partial charge in [-0.05, 0) is 38.3 Å². The molecule has 0 heterocycles. The van der Waals surface area contributed by atoms with E-state index in [4.69, 9.17) is 11.6 Å². The van der Waals surface area contributed by atoms with Crippen molar-refractivity contribution in [3.63, 3.8) is 0 Å². The second kappa shape index (κ2) is 7.15. The van der Waals surface area contributed by atoms with Gasteiger partial charge < -0.3 is 0 Å². The Bertz CT molecular complexity index is 481. The minimum absolute atomic E-state index is 0.235. The molecular formula is C14H21ClO2S. The monoisotopic (exact) mass is 288 g/mol. The van der Waals surface area contributed by atoms with Crippen molar-refractivity contribution < 1.29 is 8.42 Å². The van der Waals surface area contributed by atoms with Gasteiger partial charge in [-0.15, -0.1) is 11.6 Å². The van der Waals surface area contributed by atoms with Gasteiger partial charge >= 0.3 is 0 Å². The van der Waals surface area contributed by atoms with E-state index in [-0.39, 0.29) is 5.75 Å². The van der Waals surface area contributed by atoms with Crippen LogP contribution in [-0.2, 0) is 9.84 Å². The highest BCUT2D eigenvalue weighted by Gasteiger charge is 2.16. The third kappa shape index (κ3) is 4.62. The van der Waals surface area contributed by atoms with Crippen molar-refractivity contribution in [2.24, 2.45) is 0 Å². The van der Waals surface area contributed by atoms with Crippen molar-refractivity contribution >= 4 is 21.4 Å². The molecule has 0 aliphatic carbocycles. The van der Waals surface area contributed by atoms with Crippen LogP contribution in [0.1, 0.15) is 36.8 Å². The summed E-state index contributed by atoms with van der Waals surface area (Å²) < 4.78 is 24.3. The van der Waals surface area contributed by atoms with Crippen LogP contribution < -0.4 is 0 Å². The molecule has 0 atom stereocenters. The summed E-state index contributed by atoms with van der Waals surface area (Å²) in [7, 11) is -3.13. The second-order valence-electron chi connectivity index (χ2n) is 4.69. The quantitative estimate of drug-likeness (QED) is 0.564. The molecule has 1 aromatic carbocycles. The van der Waals surface area contributed by atoms with Gasteiger partial charge in [0.25, 0.3) is 0 Å². The number of sulfone groups is 1. The molecule has 0 unspecified atom stereocenters. The normalized spacial score (nSPS) is 11.7. The van der Waals surface area contributed by atoms with Gasteiger partial charge in [-0.1, -0.05) is 30.5 Å². The zero-order chi connectivity index (χ0) is 13.6. The average molecular weight is 289 g/mol. The Balaban J connectivity index is 2.63. The maximum absolute atomic E-state index is 12.2. The number of rotatable bonds is 7. The molecule has 0 aliphatic rings. The molecule has 0 N–H and O–H groups in total. The number of halogens is 1. The predicted molar refractivity (Wildman–Crippen MR) is 77.2 cm³/mol. The molecule has 0 aromatic heterocycles. The van der Waals surface area contributed by atoms with Crippen molar-refractivity contribution in [1.29, 1.82) is 0 Å². The van der Waals surface area contributed by atoms with Crippen LogP contribution in [-0.4, -0.2) is 20.1 Å². The van der Waals surface area contributed by atoms with E-state index in [0.29, 0.717) is 17.2 Å². The first kappa shape index (κ1) is 15.5. The Hall–Kier alpha value is -0.540. The predicted octanol–water partition coefficient (Wildman–Crippen LogP) is 3.88. The molecule has 18 heavy (non-hydrogen) atoms. The van der Waals surface area contributed by atoms with E-state index in [1.54, 1.807) is 6.07 Å². The van der Waals surface area contributed by atoms with Crippen molar-refractivity contribution in [1.82, 2.24) is 0 Å². The molecule has 4 heteroatoms. The number of benzene rings is 1. The highest BCUT2D eigenvalue weighted by atomic mass is 35.5. The van der Waals surface area contributed by atoms with E-state index in [0.717, 1.165) is 30.4 Å². The highest BCUT2D eigenvalue weighted by molar-refractivity contribution is 7.91. The van der Waals surface area contributed by atoms with Crippen LogP contribution in [0.15, 0.2) is 23.1 Å². The number of alkyl halides is 1. The lowest BCUT2D eigenvalue weighted by molar-refractivity contribution is 0.588. The van der Waals surface area contributed by atoms with Crippen LogP contribution in [0.2, 0.25) is 0 Å². The van der Waals surface area contributed by atoms with Crippen LogP contribution in [0.5, 0.6) is 0 Å². The number of unbranched alkanes of at least 4 members (excludes halogenated alkanes) is 3. The van der Waals surface area contributed by atoms with E-state index in [1.807, 2.05) is 26.0 Å². The van der Waals surface area contributed by atoms with Gasteiger partial charge in [0, 0.05) is 5.88 Å². The van der Waals surface area contributed by atoms with Crippen molar-refractivity contribution in [2.45, 2.75) is 44.4 Å². The molecule has 1 aromatic rings. The summed E-state index contributed by atoms with van der Waals surface area (Å²) in [6, 6.07) is 5.49. The van der Waals surface area contributed by atoms with E-state index in [1.165, 1.54) is 0 Å². The smallest absolute Gasteiger partial charge is 0.178 e. The lowest BCUT2D eigenvalue weighted by Crippen LogP contribution is -2.08. The summed E-state index contributed by atoms with van der Waals surface area (Å²) >= 11 is 5.58. The van der Waals surface area contributed by atoms with E-state index < -0.39 is 9.84 Å². The fourth-order valence-electron chi connectivity index (χ4n) is 2.00. The van der Waals surface area contributed by atoms with Crippen LogP contribution in [0.25, 0.3) is 0 Å². The maximum Gasteiger partial charge on any atom is 0.178 e. The van der Waals surface area contributed by atoms with E-state index in [2.05, 4.69) is 0 Å². The zero-order valence-electron chi connectivity index (χ0n) is 11.1. The van der Waals surface area contributed by atoms with Crippen LogP contribution in [0.3, 0.4) is 0 Å². The first-order valence-electron chi connectivity index (χ1n) is 6.33. The topological polar surface area (TPSA) is 34.1 Å². The molecule has 0 spiro atoms. The third-order valence-corrected chi connectivity index (χ3v) is 5.18. The standard InChI is InChI=1S/C14H21ClO2S/c1-12-7-8-14(13(2)11-12)18(16,17)10-6-4-3-5-9-15/h7-8,11H,3-6,9-10H2,1-2H3. The summed E-state index contributed by atoms with van der Waals surface area (Å²) in [5.74, 6) is 0.892. The number of hydrogen-bond donors (Lipinski definition) is 0. The van der Waals surface area contributed by atoms with Crippen LogP contribution in [0, 0.1) is 13.8 Å². The number of aryl methyl sites for hydroxylation is 2. The number of hydrogen-bond acceptors (Lipinski definition) is 2. The largest absolute Gasteiger partial charge is 0.224 e. The Morgan fingerprint density at radius 3 is 2.33 bits per heavy atom. The first-order chi connectivity index (χ1) is 8.47. The van der Waals surface area contributed by atoms with E-state index in [9.17, 15) is 8.42 Å². The van der Waals surface area contributed by atoms with Crippen molar-refractivity contribution in [3.8, 4) is 0 Å². The Morgan fingerprint density at radius 2 is 1.72 bits per heavy atom.